The van der Waals surface area contributed by atoms with Crippen molar-refractivity contribution in [2.45, 2.75) is 32.9 Å². The average molecular weight is 395 g/mol. The van der Waals surface area contributed by atoms with E-state index in [1.54, 1.807) is 7.11 Å². The number of nitrogens with zero attached hydrogens (tertiary/aromatic N) is 1. The van der Waals surface area contributed by atoms with Crippen LogP contribution in [-0.4, -0.2) is 36.3 Å². The highest BCUT2D eigenvalue weighted by Gasteiger charge is 2.14. The molecule has 0 aliphatic carbocycles. The van der Waals surface area contributed by atoms with Crippen LogP contribution in [0.3, 0.4) is 0 Å². The van der Waals surface area contributed by atoms with Crippen molar-refractivity contribution < 1.29 is 9.84 Å². The summed E-state index contributed by atoms with van der Waals surface area (Å²) in [5.74, 6) is 0.246. The van der Waals surface area contributed by atoms with Gasteiger partial charge < -0.3 is 9.84 Å². The van der Waals surface area contributed by atoms with Crippen LogP contribution in [0.15, 0.2) is 21.1 Å². The van der Waals surface area contributed by atoms with Gasteiger partial charge in [0.2, 0.25) is 0 Å². The quantitative estimate of drug-likeness (QED) is 0.753. The van der Waals surface area contributed by atoms with Gasteiger partial charge in [-0.3, -0.25) is 4.90 Å². The van der Waals surface area contributed by atoms with Gasteiger partial charge in [0.15, 0.2) is 0 Å². The molecular weight excluding hydrogens is 374 g/mol. The molecular formula is C14H21Br2NO2. The summed E-state index contributed by atoms with van der Waals surface area (Å²) in [5.41, 5.74) is 1.16. The van der Waals surface area contributed by atoms with Crippen molar-refractivity contribution in [3.05, 3.63) is 26.6 Å². The Balaban J connectivity index is 2.83. The fraction of sp³-hybridized carbons (Fsp3) is 0.571. The van der Waals surface area contributed by atoms with E-state index in [-0.39, 0.29) is 5.75 Å². The molecule has 1 rings (SSSR count). The molecule has 0 aliphatic heterocycles. The Hall–Kier alpha value is -0.100. The van der Waals surface area contributed by atoms with Gasteiger partial charge in [-0.05, 0) is 62.9 Å². The minimum atomic E-state index is 0.246. The second-order valence-corrected chi connectivity index (χ2v) is 6.34. The molecule has 0 bridgehead atoms. The Morgan fingerprint density at radius 2 is 1.89 bits per heavy atom. The molecule has 0 radical (unpaired) electrons. The summed E-state index contributed by atoms with van der Waals surface area (Å²) in [5, 5.41) is 9.73. The molecule has 0 fully saturated rings. The third kappa shape index (κ3) is 5.06. The van der Waals surface area contributed by atoms with Crippen molar-refractivity contribution in [3.63, 3.8) is 0 Å². The number of methoxy groups -OCH3 is 1. The Bertz CT molecular complexity index is 389. The molecule has 0 saturated heterocycles. The van der Waals surface area contributed by atoms with Crippen molar-refractivity contribution in [2.24, 2.45) is 0 Å². The van der Waals surface area contributed by atoms with Crippen LogP contribution < -0.4 is 0 Å². The average Bonchev–Trinajstić information content (AvgIpc) is 2.39. The number of phenols is 1. The van der Waals surface area contributed by atoms with Crippen LogP contribution in [0.5, 0.6) is 5.75 Å². The van der Waals surface area contributed by atoms with Crippen molar-refractivity contribution in [3.8, 4) is 5.75 Å². The topological polar surface area (TPSA) is 32.7 Å². The summed E-state index contributed by atoms with van der Waals surface area (Å²) in [6, 6.07) is 4.42. The van der Waals surface area contributed by atoms with Crippen LogP contribution in [0.1, 0.15) is 25.8 Å². The maximum Gasteiger partial charge on any atom is 0.143 e. The highest BCUT2D eigenvalue weighted by molar-refractivity contribution is 9.11. The minimum absolute atomic E-state index is 0.246. The van der Waals surface area contributed by atoms with E-state index in [4.69, 9.17) is 4.74 Å². The summed E-state index contributed by atoms with van der Waals surface area (Å²) in [6.07, 6.45) is 1.10. The summed E-state index contributed by atoms with van der Waals surface area (Å²) < 4.78 is 6.60. The fourth-order valence-electron chi connectivity index (χ4n) is 1.87. The number of benzene rings is 1. The van der Waals surface area contributed by atoms with Gasteiger partial charge in [0.05, 0.1) is 15.6 Å². The Kier molecular flexibility index (Phi) is 7.36. The van der Waals surface area contributed by atoms with Gasteiger partial charge in [-0.1, -0.05) is 6.92 Å². The second-order valence-electron chi connectivity index (χ2n) is 4.63. The molecule has 5 heteroatoms. The van der Waals surface area contributed by atoms with Gasteiger partial charge in [-0.2, -0.15) is 0 Å². The van der Waals surface area contributed by atoms with E-state index in [1.807, 2.05) is 12.1 Å². The van der Waals surface area contributed by atoms with E-state index in [9.17, 15) is 5.11 Å². The number of ether oxygens (including phenoxy) is 1. The maximum absolute atomic E-state index is 9.73. The van der Waals surface area contributed by atoms with Crippen LogP contribution in [0.2, 0.25) is 0 Å². The van der Waals surface area contributed by atoms with E-state index in [0.29, 0.717) is 15.0 Å². The molecule has 0 heterocycles. The first kappa shape index (κ1) is 17.0. The zero-order chi connectivity index (χ0) is 14.4. The van der Waals surface area contributed by atoms with E-state index in [2.05, 4.69) is 50.6 Å². The van der Waals surface area contributed by atoms with Crippen molar-refractivity contribution >= 4 is 31.9 Å². The monoisotopic (exact) mass is 393 g/mol. The van der Waals surface area contributed by atoms with E-state index < -0.39 is 0 Å². The third-order valence-corrected chi connectivity index (χ3v) is 4.47. The second kappa shape index (κ2) is 8.25. The first-order valence-corrected chi connectivity index (χ1v) is 7.98. The molecule has 1 aromatic carbocycles. The van der Waals surface area contributed by atoms with Crippen molar-refractivity contribution in [1.82, 2.24) is 4.90 Å². The Labute approximate surface area is 132 Å². The molecule has 0 spiro atoms. The number of hydrogen-bond donors (Lipinski definition) is 1. The maximum atomic E-state index is 9.73. The zero-order valence-electron chi connectivity index (χ0n) is 11.6. The predicted octanol–water partition coefficient (Wildman–Crippen LogP) is 4.16. The molecule has 3 nitrogen and oxygen atoms in total. The predicted molar refractivity (Wildman–Crippen MR) is 85.5 cm³/mol. The normalized spacial score (nSPS) is 12.9. The van der Waals surface area contributed by atoms with Crippen LogP contribution in [0, 0.1) is 0 Å². The summed E-state index contributed by atoms with van der Waals surface area (Å²) in [6.45, 7) is 6.88. The van der Waals surface area contributed by atoms with Gasteiger partial charge in [-0.25, -0.2) is 0 Å². The molecule has 0 saturated carbocycles. The van der Waals surface area contributed by atoms with E-state index >= 15 is 0 Å². The van der Waals surface area contributed by atoms with Crippen molar-refractivity contribution in [1.29, 1.82) is 0 Å². The highest BCUT2D eigenvalue weighted by Crippen LogP contribution is 2.33. The zero-order valence-corrected chi connectivity index (χ0v) is 14.8. The molecule has 1 N–H and O–H groups in total. The first-order chi connectivity index (χ1) is 8.99. The lowest BCUT2D eigenvalue weighted by atomic mass is 10.1. The number of phenolic OH excluding ortho intramolecular Hbond substituents is 1. The molecule has 1 aromatic rings. The minimum Gasteiger partial charge on any atom is -0.506 e. The summed E-state index contributed by atoms with van der Waals surface area (Å²) in [4.78, 5) is 2.38. The third-order valence-electron chi connectivity index (χ3n) is 3.26. The van der Waals surface area contributed by atoms with E-state index in [0.717, 1.165) is 31.7 Å². The Morgan fingerprint density at radius 3 is 2.37 bits per heavy atom. The van der Waals surface area contributed by atoms with Gasteiger partial charge in [-0.15, -0.1) is 0 Å². The lowest BCUT2D eigenvalue weighted by Gasteiger charge is -2.28. The molecule has 1 unspecified atom stereocenters. The molecule has 108 valence electrons. The van der Waals surface area contributed by atoms with Crippen LogP contribution in [-0.2, 0) is 11.3 Å². The summed E-state index contributed by atoms with van der Waals surface area (Å²) >= 11 is 6.74. The highest BCUT2D eigenvalue weighted by atomic mass is 79.9. The SMILES string of the molecule is CCC(C)N(CCOC)Cc1cc(Br)c(O)c(Br)c1. The molecule has 0 aliphatic rings. The number of hydrogen-bond acceptors (Lipinski definition) is 3. The van der Waals surface area contributed by atoms with Crippen LogP contribution in [0.25, 0.3) is 0 Å². The van der Waals surface area contributed by atoms with Crippen LogP contribution in [0.4, 0.5) is 0 Å². The van der Waals surface area contributed by atoms with Crippen molar-refractivity contribution in [2.75, 3.05) is 20.3 Å². The summed E-state index contributed by atoms with van der Waals surface area (Å²) in [7, 11) is 1.72. The number of rotatable bonds is 7. The molecule has 0 aromatic heterocycles. The largest absolute Gasteiger partial charge is 0.506 e. The van der Waals surface area contributed by atoms with E-state index in [1.165, 1.54) is 0 Å². The van der Waals surface area contributed by atoms with Gasteiger partial charge in [0.25, 0.3) is 0 Å². The Morgan fingerprint density at radius 1 is 1.32 bits per heavy atom. The first-order valence-electron chi connectivity index (χ1n) is 6.39. The lowest BCUT2D eigenvalue weighted by molar-refractivity contribution is 0.118. The standard InChI is InChI=1S/C14H21Br2NO2/c1-4-10(2)17(5-6-19-3)9-11-7-12(15)14(18)13(16)8-11/h7-8,10,18H,4-6,9H2,1-3H3. The van der Waals surface area contributed by atoms with Crippen LogP contribution >= 0.6 is 31.9 Å². The molecule has 1 atom stereocenters. The smallest absolute Gasteiger partial charge is 0.143 e. The van der Waals surface area contributed by atoms with Gasteiger partial charge >= 0.3 is 0 Å². The fourth-order valence-corrected chi connectivity index (χ4v) is 3.15. The molecule has 0 amide bonds. The van der Waals surface area contributed by atoms with Gasteiger partial charge in [0.1, 0.15) is 5.75 Å². The number of aromatic hydroxyl groups is 1. The van der Waals surface area contributed by atoms with Gasteiger partial charge in [0, 0.05) is 26.2 Å². The lowest BCUT2D eigenvalue weighted by Crippen LogP contribution is -2.34. The number of halogens is 2. The molecule has 19 heavy (non-hydrogen) atoms.